The SMILES string of the molecule is Clc1ccc(Cl)c2ccccc12.OBO.c1ccccc1. The average molecular weight is 321 g/mol. The highest BCUT2D eigenvalue weighted by Gasteiger charge is 2.00. The van der Waals surface area contributed by atoms with E-state index in [0.717, 1.165) is 20.8 Å². The van der Waals surface area contributed by atoms with Gasteiger partial charge in [0.05, 0.1) is 0 Å². The van der Waals surface area contributed by atoms with Crippen molar-refractivity contribution >= 4 is 41.7 Å². The van der Waals surface area contributed by atoms with E-state index in [1.165, 1.54) is 0 Å². The molecule has 0 aliphatic carbocycles. The third-order valence-corrected chi connectivity index (χ3v) is 3.14. The van der Waals surface area contributed by atoms with Gasteiger partial charge in [0.1, 0.15) is 0 Å². The predicted molar refractivity (Wildman–Crippen MR) is 92.0 cm³/mol. The average Bonchev–Trinajstić information content (AvgIpc) is 2.54. The lowest BCUT2D eigenvalue weighted by atomic mass is 10.1. The highest BCUT2D eigenvalue weighted by molar-refractivity contribution is 6.40. The van der Waals surface area contributed by atoms with E-state index in [1.54, 1.807) is 0 Å². The first kappa shape index (κ1) is 17.5. The first-order valence-electron chi connectivity index (χ1n) is 6.25. The first-order valence-corrected chi connectivity index (χ1v) is 7.00. The molecule has 2 nitrogen and oxygen atoms in total. The summed E-state index contributed by atoms with van der Waals surface area (Å²) in [6.07, 6.45) is 0. The largest absolute Gasteiger partial charge is 0.432 e. The van der Waals surface area contributed by atoms with Gasteiger partial charge in [-0.15, -0.1) is 0 Å². The molecule has 0 amide bonds. The Morgan fingerprint density at radius 2 is 0.857 bits per heavy atom. The van der Waals surface area contributed by atoms with E-state index in [1.807, 2.05) is 72.8 Å². The monoisotopic (exact) mass is 320 g/mol. The highest BCUT2D eigenvalue weighted by Crippen LogP contribution is 2.28. The summed E-state index contributed by atoms with van der Waals surface area (Å²) >= 11 is 11.9. The molecule has 0 radical (unpaired) electrons. The molecule has 3 rings (SSSR count). The molecule has 3 aromatic carbocycles. The zero-order valence-electron chi connectivity index (χ0n) is 11.3. The first-order chi connectivity index (χ1) is 10.2. The number of hydrogen-bond acceptors (Lipinski definition) is 2. The molecule has 0 aromatic heterocycles. The topological polar surface area (TPSA) is 40.5 Å². The Hall–Kier alpha value is -1.52. The minimum absolute atomic E-state index is 0.745. The Balaban J connectivity index is 0.000000205. The molecule has 0 aliphatic rings. The van der Waals surface area contributed by atoms with Crippen LogP contribution >= 0.6 is 23.2 Å². The maximum atomic E-state index is 7.12. The van der Waals surface area contributed by atoms with Gasteiger partial charge in [-0.25, -0.2) is 0 Å². The summed E-state index contributed by atoms with van der Waals surface area (Å²) in [6.45, 7) is 0. The fourth-order valence-corrected chi connectivity index (χ4v) is 2.07. The molecule has 5 heteroatoms. The van der Waals surface area contributed by atoms with Crippen LogP contribution in [0.5, 0.6) is 0 Å². The fourth-order valence-electron chi connectivity index (χ4n) is 1.61. The van der Waals surface area contributed by atoms with E-state index in [4.69, 9.17) is 33.2 Å². The van der Waals surface area contributed by atoms with Gasteiger partial charge in [-0.3, -0.25) is 0 Å². The van der Waals surface area contributed by atoms with Crippen LogP contribution in [0, 0.1) is 0 Å². The van der Waals surface area contributed by atoms with E-state index in [2.05, 4.69) is 0 Å². The number of rotatable bonds is 0. The minimum atomic E-state index is -0.750. The number of benzene rings is 3. The van der Waals surface area contributed by atoms with Crippen LogP contribution in [0.3, 0.4) is 0 Å². The molecule has 0 atom stereocenters. The van der Waals surface area contributed by atoms with E-state index >= 15 is 0 Å². The molecular formula is C16H15BCl2O2. The summed E-state index contributed by atoms with van der Waals surface area (Å²) in [5.74, 6) is 0. The van der Waals surface area contributed by atoms with Crippen molar-refractivity contribution in [2.75, 3.05) is 0 Å². The van der Waals surface area contributed by atoms with Gasteiger partial charge in [0.25, 0.3) is 0 Å². The standard InChI is InChI=1S/C10H6Cl2.C6H6.BH3O2/c11-9-5-6-10(12)8-4-2-1-3-7(8)9;1-2-4-6-5-3-1;2-1-3/h1-6H;1-6H;1-3H. The maximum absolute atomic E-state index is 7.12. The van der Waals surface area contributed by atoms with Crippen molar-refractivity contribution in [3.05, 3.63) is 82.8 Å². The molecule has 0 aliphatic heterocycles. The molecule has 0 heterocycles. The Morgan fingerprint density at radius 1 is 0.571 bits per heavy atom. The van der Waals surface area contributed by atoms with Crippen LogP contribution in [-0.4, -0.2) is 17.7 Å². The predicted octanol–water partition coefficient (Wildman–Crippen LogP) is 4.07. The molecule has 0 saturated carbocycles. The van der Waals surface area contributed by atoms with Crippen LogP contribution in [-0.2, 0) is 0 Å². The molecule has 0 fully saturated rings. The van der Waals surface area contributed by atoms with Crippen molar-refractivity contribution in [3.63, 3.8) is 0 Å². The summed E-state index contributed by atoms with van der Waals surface area (Å²) in [4.78, 5) is 0. The van der Waals surface area contributed by atoms with Gasteiger partial charge < -0.3 is 10.0 Å². The Kier molecular flexibility index (Phi) is 8.56. The molecule has 0 bridgehead atoms. The molecular weight excluding hydrogens is 306 g/mol. The zero-order valence-corrected chi connectivity index (χ0v) is 12.8. The Bertz CT molecular complexity index is 581. The lowest BCUT2D eigenvalue weighted by Gasteiger charge is -2.00. The van der Waals surface area contributed by atoms with Crippen LogP contribution in [0.4, 0.5) is 0 Å². The molecule has 0 unspecified atom stereocenters. The molecule has 2 N–H and O–H groups in total. The fraction of sp³-hybridized carbons (Fsp3) is 0. The van der Waals surface area contributed by atoms with Gasteiger partial charge in [-0.05, 0) is 12.1 Å². The van der Waals surface area contributed by atoms with Gasteiger partial charge in [0, 0.05) is 20.8 Å². The molecule has 108 valence electrons. The lowest BCUT2D eigenvalue weighted by Crippen LogP contribution is -1.75. The summed E-state index contributed by atoms with van der Waals surface area (Å²) in [5.41, 5.74) is 0. The third-order valence-electron chi connectivity index (χ3n) is 2.48. The van der Waals surface area contributed by atoms with E-state index < -0.39 is 7.69 Å². The van der Waals surface area contributed by atoms with E-state index in [0.29, 0.717) is 0 Å². The summed E-state index contributed by atoms with van der Waals surface area (Å²) in [6, 6.07) is 23.4. The Labute approximate surface area is 134 Å². The van der Waals surface area contributed by atoms with Gasteiger partial charge in [0.15, 0.2) is 0 Å². The normalized spacial score (nSPS) is 8.95. The van der Waals surface area contributed by atoms with Crippen LogP contribution in [0.2, 0.25) is 10.0 Å². The second kappa shape index (κ2) is 10.2. The molecule has 21 heavy (non-hydrogen) atoms. The van der Waals surface area contributed by atoms with Crippen molar-refractivity contribution in [2.45, 2.75) is 0 Å². The molecule has 3 aromatic rings. The second-order valence-corrected chi connectivity index (χ2v) is 4.69. The van der Waals surface area contributed by atoms with Crippen LogP contribution < -0.4 is 0 Å². The Morgan fingerprint density at radius 3 is 1.14 bits per heavy atom. The molecule has 0 spiro atoms. The zero-order chi connectivity index (χ0) is 15.5. The summed E-state index contributed by atoms with van der Waals surface area (Å²) in [5, 5.41) is 17.8. The van der Waals surface area contributed by atoms with Crippen molar-refractivity contribution < 1.29 is 10.0 Å². The summed E-state index contributed by atoms with van der Waals surface area (Å²) in [7, 11) is -0.750. The van der Waals surface area contributed by atoms with E-state index in [-0.39, 0.29) is 0 Å². The smallest absolute Gasteiger partial charge is 0.430 e. The van der Waals surface area contributed by atoms with E-state index in [9.17, 15) is 0 Å². The van der Waals surface area contributed by atoms with Crippen molar-refractivity contribution in [1.29, 1.82) is 0 Å². The quantitative estimate of drug-likeness (QED) is 0.613. The minimum Gasteiger partial charge on any atom is -0.430 e. The highest BCUT2D eigenvalue weighted by atomic mass is 35.5. The number of hydrogen-bond donors (Lipinski definition) is 2. The van der Waals surface area contributed by atoms with Crippen molar-refractivity contribution in [3.8, 4) is 0 Å². The van der Waals surface area contributed by atoms with Gasteiger partial charge in [0.2, 0.25) is 0 Å². The number of fused-ring (bicyclic) bond motifs is 1. The van der Waals surface area contributed by atoms with Gasteiger partial charge in [-0.1, -0.05) is 83.9 Å². The van der Waals surface area contributed by atoms with Gasteiger partial charge >= 0.3 is 7.69 Å². The maximum Gasteiger partial charge on any atom is 0.432 e. The van der Waals surface area contributed by atoms with Crippen LogP contribution in [0.1, 0.15) is 0 Å². The third kappa shape index (κ3) is 6.19. The second-order valence-electron chi connectivity index (χ2n) is 3.87. The van der Waals surface area contributed by atoms with Crippen LogP contribution in [0.25, 0.3) is 10.8 Å². The van der Waals surface area contributed by atoms with Crippen molar-refractivity contribution in [1.82, 2.24) is 0 Å². The molecule has 0 saturated heterocycles. The van der Waals surface area contributed by atoms with Crippen LogP contribution in [0.15, 0.2) is 72.8 Å². The van der Waals surface area contributed by atoms with Crippen molar-refractivity contribution in [2.24, 2.45) is 0 Å². The lowest BCUT2D eigenvalue weighted by molar-refractivity contribution is 0.448. The summed E-state index contributed by atoms with van der Waals surface area (Å²) < 4.78 is 0. The van der Waals surface area contributed by atoms with Gasteiger partial charge in [-0.2, -0.15) is 0 Å². The number of halogens is 2.